The molecule has 0 bridgehead atoms. The minimum Gasteiger partial charge on any atom is -0.460 e. The highest BCUT2D eigenvalue weighted by atomic mass is 16.5. The van der Waals surface area contributed by atoms with E-state index in [2.05, 4.69) is 16.1 Å². The van der Waals surface area contributed by atoms with Crippen LogP contribution in [0.2, 0.25) is 0 Å². The molecule has 0 fully saturated rings. The molecule has 0 aliphatic carbocycles. The number of hydrogen-bond acceptors (Lipinski definition) is 4. The van der Waals surface area contributed by atoms with Crippen molar-refractivity contribution in [1.29, 1.82) is 0 Å². The Bertz CT molecular complexity index is 948. The number of carbonyl (C=O) groups is 1. The summed E-state index contributed by atoms with van der Waals surface area (Å²) in [5.41, 5.74) is 1.58. The van der Waals surface area contributed by atoms with E-state index in [0.717, 1.165) is 21.7 Å². The van der Waals surface area contributed by atoms with Gasteiger partial charge in [0.05, 0.1) is 12.1 Å². The van der Waals surface area contributed by atoms with Crippen molar-refractivity contribution in [2.45, 2.75) is 6.92 Å². The van der Waals surface area contributed by atoms with Gasteiger partial charge in [0.15, 0.2) is 5.65 Å². The van der Waals surface area contributed by atoms with E-state index in [1.807, 2.05) is 42.5 Å². The molecule has 0 unspecified atom stereocenters. The average molecular weight is 291 g/mol. The highest BCUT2D eigenvalue weighted by Gasteiger charge is 2.17. The first-order chi connectivity index (χ1) is 10.8. The zero-order valence-corrected chi connectivity index (χ0v) is 12.0. The number of benzene rings is 2. The van der Waals surface area contributed by atoms with Crippen molar-refractivity contribution >= 4 is 33.3 Å². The number of fused-ring (bicyclic) bond motifs is 6. The van der Waals surface area contributed by atoms with Gasteiger partial charge < -0.3 is 4.74 Å². The molecule has 0 saturated carbocycles. The van der Waals surface area contributed by atoms with Crippen LogP contribution in [0.15, 0.2) is 48.5 Å². The third-order valence-electron chi connectivity index (χ3n) is 3.66. The SMILES string of the molecule is CCOC(=O)c1nc2c3ccccc3c3ccccc3n2n1. The van der Waals surface area contributed by atoms with E-state index in [4.69, 9.17) is 4.74 Å². The standard InChI is InChI=1S/C17H13N3O2/c1-2-22-17(21)15-18-16-13-9-4-3-7-11(13)12-8-5-6-10-14(12)20(16)19-15/h3-10H,2H2,1H3. The summed E-state index contributed by atoms with van der Waals surface area (Å²) in [6, 6.07) is 15.9. The van der Waals surface area contributed by atoms with Gasteiger partial charge in [0.1, 0.15) is 0 Å². The van der Waals surface area contributed by atoms with Crippen LogP contribution in [0.4, 0.5) is 0 Å². The van der Waals surface area contributed by atoms with E-state index in [1.54, 1.807) is 11.4 Å². The fourth-order valence-electron chi connectivity index (χ4n) is 2.74. The van der Waals surface area contributed by atoms with Crippen molar-refractivity contribution in [2.24, 2.45) is 0 Å². The second-order valence-corrected chi connectivity index (χ2v) is 4.95. The van der Waals surface area contributed by atoms with E-state index in [1.165, 1.54) is 0 Å². The van der Waals surface area contributed by atoms with E-state index >= 15 is 0 Å². The van der Waals surface area contributed by atoms with Crippen LogP contribution < -0.4 is 0 Å². The summed E-state index contributed by atoms with van der Waals surface area (Å²) in [5, 5.41) is 7.47. The number of carbonyl (C=O) groups excluding carboxylic acids is 1. The fraction of sp³-hybridized carbons (Fsp3) is 0.118. The first-order valence-electron chi connectivity index (χ1n) is 7.13. The van der Waals surface area contributed by atoms with Crippen molar-refractivity contribution in [1.82, 2.24) is 14.6 Å². The van der Waals surface area contributed by atoms with Crippen LogP contribution in [-0.4, -0.2) is 27.2 Å². The molecule has 0 saturated heterocycles. The van der Waals surface area contributed by atoms with Crippen LogP contribution in [-0.2, 0) is 4.74 Å². The highest BCUT2D eigenvalue weighted by Crippen LogP contribution is 2.28. The Labute approximate surface area is 126 Å². The molecule has 0 aliphatic rings. The van der Waals surface area contributed by atoms with Crippen molar-refractivity contribution in [2.75, 3.05) is 6.61 Å². The minimum atomic E-state index is -0.501. The van der Waals surface area contributed by atoms with Crippen molar-refractivity contribution in [3.05, 3.63) is 54.4 Å². The molecule has 22 heavy (non-hydrogen) atoms. The molecule has 5 nitrogen and oxygen atoms in total. The molecule has 108 valence electrons. The zero-order chi connectivity index (χ0) is 15.1. The summed E-state index contributed by atoms with van der Waals surface area (Å²) in [5.74, 6) is -0.414. The van der Waals surface area contributed by atoms with Crippen LogP contribution in [0.1, 0.15) is 17.5 Å². The zero-order valence-electron chi connectivity index (χ0n) is 12.0. The number of pyridine rings is 1. The third kappa shape index (κ3) is 1.75. The highest BCUT2D eigenvalue weighted by molar-refractivity contribution is 6.11. The predicted octanol–water partition coefficient (Wildman–Crippen LogP) is 3.21. The van der Waals surface area contributed by atoms with Gasteiger partial charge in [-0.25, -0.2) is 14.3 Å². The number of esters is 1. The monoisotopic (exact) mass is 291 g/mol. The van der Waals surface area contributed by atoms with E-state index in [9.17, 15) is 4.79 Å². The molecule has 5 heteroatoms. The van der Waals surface area contributed by atoms with Gasteiger partial charge in [-0.3, -0.25) is 0 Å². The molecular weight excluding hydrogens is 278 g/mol. The molecule has 0 aliphatic heterocycles. The van der Waals surface area contributed by atoms with Crippen molar-refractivity contribution in [3.8, 4) is 0 Å². The first-order valence-corrected chi connectivity index (χ1v) is 7.13. The normalized spacial score (nSPS) is 11.3. The molecule has 0 N–H and O–H groups in total. The molecule has 4 aromatic rings. The summed E-state index contributed by atoms with van der Waals surface area (Å²) >= 11 is 0. The lowest BCUT2D eigenvalue weighted by Crippen LogP contribution is -2.06. The van der Waals surface area contributed by atoms with Gasteiger partial charge in [0.25, 0.3) is 5.82 Å². The second-order valence-electron chi connectivity index (χ2n) is 4.95. The largest absolute Gasteiger partial charge is 0.460 e. The van der Waals surface area contributed by atoms with Crippen molar-refractivity contribution < 1.29 is 9.53 Å². The lowest BCUT2D eigenvalue weighted by atomic mass is 10.1. The van der Waals surface area contributed by atoms with Gasteiger partial charge >= 0.3 is 5.97 Å². The van der Waals surface area contributed by atoms with Gasteiger partial charge in [-0.1, -0.05) is 42.5 Å². The summed E-state index contributed by atoms with van der Waals surface area (Å²) < 4.78 is 6.72. The Hall–Kier alpha value is -2.95. The molecule has 0 spiro atoms. The molecule has 0 atom stereocenters. The van der Waals surface area contributed by atoms with E-state index in [-0.39, 0.29) is 5.82 Å². The topological polar surface area (TPSA) is 56.5 Å². The maximum absolute atomic E-state index is 11.9. The molecule has 2 aromatic carbocycles. The van der Waals surface area contributed by atoms with E-state index in [0.29, 0.717) is 12.3 Å². The third-order valence-corrected chi connectivity index (χ3v) is 3.66. The smallest absolute Gasteiger partial charge is 0.378 e. The number of hydrogen-bond donors (Lipinski definition) is 0. The Morgan fingerprint density at radius 2 is 1.73 bits per heavy atom. The summed E-state index contributed by atoms with van der Waals surface area (Å²) in [7, 11) is 0. The second kappa shape index (κ2) is 4.80. The van der Waals surface area contributed by atoms with Crippen molar-refractivity contribution in [3.63, 3.8) is 0 Å². The lowest BCUT2D eigenvalue weighted by Gasteiger charge is -2.05. The maximum atomic E-state index is 11.9. The Morgan fingerprint density at radius 1 is 1.05 bits per heavy atom. The summed E-state index contributed by atoms with van der Waals surface area (Å²) in [6.07, 6.45) is 0. The maximum Gasteiger partial charge on any atom is 0.378 e. The predicted molar refractivity (Wildman–Crippen MR) is 84.0 cm³/mol. The van der Waals surface area contributed by atoms with Gasteiger partial charge in [0, 0.05) is 10.8 Å². The first kappa shape index (κ1) is 12.8. The molecule has 0 amide bonds. The number of ether oxygens (including phenoxy) is 1. The number of nitrogens with zero attached hydrogens (tertiary/aromatic N) is 3. The van der Waals surface area contributed by atoms with Crippen LogP contribution in [0.25, 0.3) is 27.3 Å². The number of rotatable bonds is 2. The Balaban J connectivity index is 2.16. The Kier molecular flexibility index (Phi) is 2.79. The fourth-order valence-corrected chi connectivity index (χ4v) is 2.74. The van der Waals surface area contributed by atoms with Crippen LogP contribution in [0, 0.1) is 0 Å². The minimum absolute atomic E-state index is 0.0864. The van der Waals surface area contributed by atoms with Crippen LogP contribution >= 0.6 is 0 Å². The quantitative estimate of drug-likeness (QED) is 0.420. The van der Waals surface area contributed by atoms with Gasteiger partial charge in [0.2, 0.25) is 0 Å². The van der Waals surface area contributed by atoms with Gasteiger partial charge in [-0.2, -0.15) is 0 Å². The van der Waals surface area contributed by atoms with Gasteiger partial charge in [-0.15, -0.1) is 5.10 Å². The molecule has 2 heterocycles. The molecular formula is C17H13N3O2. The summed E-state index contributed by atoms with van der Waals surface area (Å²) in [6.45, 7) is 2.06. The van der Waals surface area contributed by atoms with Gasteiger partial charge in [-0.05, 0) is 18.4 Å². The van der Waals surface area contributed by atoms with E-state index < -0.39 is 5.97 Å². The molecule has 2 aromatic heterocycles. The average Bonchev–Trinajstić information content (AvgIpc) is 3.01. The molecule has 0 radical (unpaired) electrons. The summed E-state index contributed by atoms with van der Waals surface area (Å²) in [4.78, 5) is 16.3. The Morgan fingerprint density at radius 3 is 2.50 bits per heavy atom. The number of para-hydroxylation sites is 1. The van der Waals surface area contributed by atoms with Crippen LogP contribution in [0.3, 0.4) is 0 Å². The van der Waals surface area contributed by atoms with Crippen LogP contribution in [0.5, 0.6) is 0 Å². The lowest BCUT2D eigenvalue weighted by molar-refractivity contribution is 0.0512. The molecule has 4 rings (SSSR count). The number of aromatic nitrogens is 3.